The van der Waals surface area contributed by atoms with E-state index in [2.05, 4.69) is 15.9 Å². The fourth-order valence-corrected chi connectivity index (χ4v) is 2.64. The van der Waals surface area contributed by atoms with Crippen molar-refractivity contribution < 1.29 is 0 Å². The molecule has 0 amide bonds. The highest BCUT2D eigenvalue weighted by Crippen LogP contribution is 2.26. The Morgan fingerprint density at radius 3 is 2.44 bits per heavy atom. The van der Waals surface area contributed by atoms with Gasteiger partial charge in [-0.2, -0.15) is 0 Å². The van der Waals surface area contributed by atoms with Gasteiger partial charge in [0.2, 0.25) is 0 Å². The number of aromatic nitrogens is 2. The fourth-order valence-electron chi connectivity index (χ4n) is 2.01. The molecule has 0 spiro atoms. The molecule has 0 N–H and O–H groups in total. The molecule has 0 aliphatic carbocycles. The van der Waals surface area contributed by atoms with Gasteiger partial charge in [0, 0.05) is 17.1 Å². The summed E-state index contributed by atoms with van der Waals surface area (Å²) in [7, 11) is 1.80. The monoisotopic (exact) mass is 282 g/mol. The molecular weight excluding hydrogens is 268 g/mol. The zero-order valence-electron chi connectivity index (χ0n) is 9.91. The van der Waals surface area contributed by atoms with E-state index in [9.17, 15) is 4.79 Å². The van der Waals surface area contributed by atoms with Gasteiger partial charge in [0.05, 0.1) is 11.0 Å². The lowest BCUT2D eigenvalue weighted by atomic mass is 10.1. The van der Waals surface area contributed by atoms with Crippen molar-refractivity contribution in [1.82, 2.24) is 9.13 Å². The summed E-state index contributed by atoms with van der Waals surface area (Å²) in [6, 6.07) is 5.88. The van der Waals surface area contributed by atoms with Crippen LogP contribution in [-0.4, -0.2) is 9.13 Å². The van der Waals surface area contributed by atoms with E-state index in [1.165, 1.54) is 0 Å². The van der Waals surface area contributed by atoms with Crippen LogP contribution in [0.4, 0.5) is 0 Å². The van der Waals surface area contributed by atoms with Gasteiger partial charge in [-0.15, -0.1) is 0 Å². The Balaban J connectivity index is 3.02. The smallest absolute Gasteiger partial charge is 0.294 e. The summed E-state index contributed by atoms with van der Waals surface area (Å²) >= 11 is 3.49. The number of benzene rings is 1. The first kappa shape index (κ1) is 11.5. The van der Waals surface area contributed by atoms with Gasteiger partial charge in [-0.05, 0) is 48.8 Å². The molecule has 0 unspecified atom stereocenters. The first-order chi connectivity index (χ1) is 7.34. The molecule has 0 atom stereocenters. The fraction of sp³-hybridized carbons (Fsp3) is 0.417. The molecule has 1 aromatic heterocycles. The van der Waals surface area contributed by atoms with E-state index in [0.717, 1.165) is 15.5 Å². The topological polar surface area (TPSA) is 26.9 Å². The number of aryl methyl sites for hydroxylation is 1. The first-order valence-corrected chi connectivity index (χ1v) is 6.00. The Kier molecular flexibility index (Phi) is 2.49. The molecule has 0 bridgehead atoms. The Labute approximate surface area is 103 Å². The summed E-state index contributed by atoms with van der Waals surface area (Å²) in [6.45, 7) is 6.11. The minimum atomic E-state index is -0.211. The lowest BCUT2D eigenvalue weighted by Crippen LogP contribution is -2.34. The molecule has 1 aromatic carbocycles. The van der Waals surface area contributed by atoms with Crippen molar-refractivity contribution in [3.63, 3.8) is 0 Å². The normalized spacial score (nSPS) is 12.3. The van der Waals surface area contributed by atoms with E-state index in [1.54, 1.807) is 11.6 Å². The lowest BCUT2D eigenvalue weighted by Gasteiger charge is -2.20. The molecule has 1 heterocycles. The first-order valence-electron chi connectivity index (χ1n) is 5.20. The second-order valence-electron chi connectivity index (χ2n) is 4.96. The largest absolute Gasteiger partial charge is 0.329 e. The maximum atomic E-state index is 12.2. The minimum absolute atomic E-state index is 0.0226. The number of imidazole rings is 1. The van der Waals surface area contributed by atoms with Crippen LogP contribution < -0.4 is 5.69 Å². The summed E-state index contributed by atoms with van der Waals surface area (Å²) < 4.78 is 4.46. The molecular formula is C12H15BrN2O. The second kappa shape index (κ2) is 3.48. The van der Waals surface area contributed by atoms with Crippen LogP contribution in [0.1, 0.15) is 20.8 Å². The van der Waals surface area contributed by atoms with Crippen LogP contribution in [0.5, 0.6) is 0 Å². The van der Waals surface area contributed by atoms with Crippen LogP contribution in [0.3, 0.4) is 0 Å². The number of hydrogen-bond acceptors (Lipinski definition) is 1. The maximum Gasteiger partial charge on any atom is 0.329 e. The minimum Gasteiger partial charge on any atom is -0.294 e. The Morgan fingerprint density at radius 2 is 1.88 bits per heavy atom. The molecule has 0 fully saturated rings. The third-order valence-corrected chi connectivity index (χ3v) is 3.33. The standard InChI is InChI=1S/C12H15BrN2O/c1-12(2,3)15-9-7-5-6-8(13)10(9)14(4)11(15)16/h5-7H,1-4H3. The zero-order valence-corrected chi connectivity index (χ0v) is 11.5. The average Bonchev–Trinajstić information content (AvgIpc) is 2.39. The van der Waals surface area contributed by atoms with Gasteiger partial charge in [0.15, 0.2) is 0 Å². The highest BCUT2D eigenvalue weighted by atomic mass is 79.9. The van der Waals surface area contributed by atoms with E-state index in [0.29, 0.717) is 0 Å². The third kappa shape index (κ3) is 1.52. The Hall–Kier alpha value is -1.03. The SMILES string of the molecule is Cn1c(=O)n(C(C)(C)C)c2cccc(Br)c21. The van der Waals surface area contributed by atoms with Crippen molar-refractivity contribution >= 4 is 27.0 Å². The number of para-hydroxylation sites is 1. The molecule has 3 nitrogen and oxygen atoms in total. The van der Waals surface area contributed by atoms with Gasteiger partial charge >= 0.3 is 5.69 Å². The summed E-state index contributed by atoms with van der Waals surface area (Å²) in [5.41, 5.74) is 1.73. The van der Waals surface area contributed by atoms with E-state index in [-0.39, 0.29) is 11.2 Å². The summed E-state index contributed by atoms with van der Waals surface area (Å²) in [4.78, 5) is 12.2. The van der Waals surface area contributed by atoms with Crippen molar-refractivity contribution in [2.24, 2.45) is 7.05 Å². The molecule has 0 saturated heterocycles. The molecule has 86 valence electrons. The predicted octanol–water partition coefficient (Wildman–Crippen LogP) is 2.86. The van der Waals surface area contributed by atoms with Crippen LogP contribution >= 0.6 is 15.9 Å². The molecule has 0 aliphatic rings. The van der Waals surface area contributed by atoms with Gasteiger partial charge < -0.3 is 0 Å². The van der Waals surface area contributed by atoms with Gasteiger partial charge in [0.25, 0.3) is 0 Å². The molecule has 0 saturated carbocycles. The van der Waals surface area contributed by atoms with Crippen molar-refractivity contribution in [2.45, 2.75) is 26.3 Å². The average molecular weight is 283 g/mol. The summed E-state index contributed by atoms with van der Waals surface area (Å²) in [6.07, 6.45) is 0. The van der Waals surface area contributed by atoms with E-state index in [1.807, 2.05) is 43.5 Å². The van der Waals surface area contributed by atoms with E-state index >= 15 is 0 Å². The van der Waals surface area contributed by atoms with Crippen LogP contribution in [0.2, 0.25) is 0 Å². The second-order valence-corrected chi connectivity index (χ2v) is 5.81. The van der Waals surface area contributed by atoms with Crippen LogP contribution in [0.15, 0.2) is 27.5 Å². The van der Waals surface area contributed by atoms with Crippen molar-refractivity contribution in [3.05, 3.63) is 33.2 Å². The molecule has 2 aromatic rings. The Bertz CT molecular complexity index is 602. The van der Waals surface area contributed by atoms with Gasteiger partial charge in [0.1, 0.15) is 0 Å². The maximum absolute atomic E-state index is 12.2. The zero-order chi connectivity index (χ0) is 12.1. The Morgan fingerprint density at radius 1 is 1.25 bits per heavy atom. The van der Waals surface area contributed by atoms with Gasteiger partial charge in [-0.3, -0.25) is 9.13 Å². The molecule has 2 rings (SSSR count). The van der Waals surface area contributed by atoms with Gasteiger partial charge in [-0.1, -0.05) is 6.07 Å². The third-order valence-electron chi connectivity index (χ3n) is 2.69. The number of hydrogen-bond donors (Lipinski definition) is 0. The number of nitrogens with zero attached hydrogens (tertiary/aromatic N) is 2. The highest BCUT2D eigenvalue weighted by molar-refractivity contribution is 9.10. The van der Waals surface area contributed by atoms with Crippen LogP contribution in [0.25, 0.3) is 11.0 Å². The molecule has 0 radical (unpaired) electrons. The van der Waals surface area contributed by atoms with Crippen LogP contribution in [-0.2, 0) is 12.6 Å². The summed E-state index contributed by atoms with van der Waals surface area (Å²) in [5.74, 6) is 0. The number of fused-ring (bicyclic) bond motifs is 1. The van der Waals surface area contributed by atoms with Crippen LogP contribution in [0, 0.1) is 0 Å². The summed E-state index contributed by atoms with van der Waals surface area (Å²) in [5, 5.41) is 0. The van der Waals surface area contributed by atoms with Gasteiger partial charge in [-0.25, -0.2) is 4.79 Å². The molecule has 0 aliphatic heterocycles. The van der Waals surface area contributed by atoms with E-state index < -0.39 is 0 Å². The highest BCUT2D eigenvalue weighted by Gasteiger charge is 2.21. The van der Waals surface area contributed by atoms with Crippen molar-refractivity contribution in [1.29, 1.82) is 0 Å². The molecule has 4 heteroatoms. The lowest BCUT2D eigenvalue weighted by molar-refractivity contribution is 0.392. The molecule has 16 heavy (non-hydrogen) atoms. The number of rotatable bonds is 0. The number of halogens is 1. The van der Waals surface area contributed by atoms with Crippen molar-refractivity contribution in [3.8, 4) is 0 Å². The predicted molar refractivity (Wildman–Crippen MR) is 69.9 cm³/mol. The quantitative estimate of drug-likeness (QED) is 0.730. The van der Waals surface area contributed by atoms with Crippen molar-refractivity contribution in [2.75, 3.05) is 0 Å². The van der Waals surface area contributed by atoms with E-state index in [4.69, 9.17) is 0 Å².